The smallest absolute Gasteiger partial charge is 0.256 e. The van der Waals surface area contributed by atoms with Gasteiger partial charge in [0.2, 0.25) is 0 Å². The molecule has 1 heterocycles. The molecule has 118 valence electrons. The summed E-state index contributed by atoms with van der Waals surface area (Å²) < 4.78 is 49.6. The number of hydrogen-bond donors (Lipinski definition) is 0. The minimum atomic E-state index is -2.56. The van der Waals surface area contributed by atoms with E-state index in [1.54, 1.807) is 24.3 Å². The first kappa shape index (κ1) is 16.2. The lowest BCUT2D eigenvalue weighted by Crippen LogP contribution is -2.27. The molecule has 0 fully saturated rings. The highest BCUT2D eigenvalue weighted by molar-refractivity contribution is 5.70. The number of nitrogens with zero attached hydrogens (tertiary/aromatic N) is 1. The van der Waals surface area contributed by atoms with E-state index in [2.05, 4.69) is 6.58 Å². The summed E-state index contributed by atoms with van der Waals surface area (Å²) in [5.41, 5.74) is 0.927. The fourth-order valence-corrected chi connectivity index (χ4v) is 2.09. The van der Waals surface area contributed by atoms with Crippen LogP contribution in [0.25, 0.3) is 5.70 Å². The molecule has 3 nitrogen and oxygen atoms in total. The van der Waals surface area contributed by atoms with E-state index in [0.29, 0.717) is 17.1 Å². The van der Waals surface area contributed by atoms with Crippen LogP contribution in [0, 0.1) is 5.82 Å². The Morgan fingerprint density at radius 1 is 1.32 bits per heavy atom. The molecule has 0 spiro atoms. The van der Waals surface area contributed by atoms with Crippen LogP contribution >= 0.6 is 0 Å². The number of hydrogen-bond acceptors (Lipinski definition) is 3. The molecule has 2 rings (SSSR count). The number of ether oxygens (including phenoxy) is 2. The van der Waals surface area contributed by atoms with Crippen molar-refractivity contribution in [2.45, 2.75) is 6.43 Å². The summed E-state index contributed by atoms with van der Waals surface area (Å²) in [4.78, 5) is 1.29. The minimum absolute atomic E-state index is 0.00145. The van der Waals surface area contributed by atoms with Gasteiger partial charge in [0, 0.05) is 24.4 Å². The third kappa shape index (κ3) is 3.71. The third-order valence-corrected chi connectivity index (χ3v) is 3.06. The molecule has 0 aliphatic carbocycles. The van der Waals surface area contributed by atoms with Crippen molar-refractivity contribution >= 4 is 5.70 Å². The van der Waals surface area contributed by atoms with Gasteiger partial charge in [0.05, 0.1) is 12.2 Å². The second-order valence-electron chi connectivity index (χ2n) is 4.60. The predicted molar refractivity (Wildman–Crippen MR) is 77.9 cm³/mol. The third-order valence-electron chi connectivity index (χ3n) is 3.06. The fourth-order valence-electron chi connectivity index (χ4n) is 2.09. The van der Waals surface area contributed by atoms with Crippen molar-refractivity contribution in [2.75, 3.05) is 20.4 Å². The normalized spacial score (nSPS) is 14.5. The van der Waals surface area contributed by atoms with Crippen molar-refractivity contribution in [2.24, 2.45) is 0 Å². The van der Waals surface area contributed by atoms with Crippen molar-refractivity contribution in [1.29, 1.82) is 0 Å². The summed E-state index contributed by atoms with van der Waals surface area (Å²) in [5.74, 6) is -0.267. The van der Waals surface area contributed by atoms with Crippen LogP contribution < -0.4 is 4.74 Å². The molecule has 0 N–H and O–H groups in total. The van der Waals surface area contributed by atoms with Gasteiger partial charge in [-0.05, 0) is 24.3 Å². The first-order valence-corrected chi connectivity index (χ1v) is 6.57. The molecule has 0 saturated heterocycles. The Morgan fingerprint density at radius 2 is 2.09 bits per heavy atom. The van der Waals surface area contributed by atoms with E-state index in [1.807, 2.05) is 0 Å². The Morgan fingerprint density at radius 3 is 2.73 bits per heavy atom. The van der Waals surface area contributed by atoms with Crippen molar-refractivity contribution < 1.29 is 22.6 Å². The van der Waals surface area contributed by atoms with E-state index in [4.69, 9.17) is 9.47 Å². The number of rotatable bonds is 6. The first-order chi connectivity index (χ1) is 10.5. The zero-order valence-corrected chi connectivity index (χ0v) is 12.1. The van der Waals surface area contributed by atoms with Gasteiger partial charge in [-0.25, -0.2) is 13.2 Å². The lowest BCUT2D eigenvalue weighted by Gasteiger charge is -2.30. The van der Waals surface area contributed by atoms with E-state index in [1.165, 1.54) is 24.1 Å². The summed E-state index contributed by atoms with van der Waals surface area (Å²) in [6, 6.07) is 4.23. The van der Waals surface area contributed by atoms with Gasteiger partial charge >= 0.3 is 0 Å². The molecule has 0 radical (unpaired) electrons. The van der Waals surface area contributed by atoms with E-state index >= 15 is 0 Å². The number of halogens is 3. The van der Waals surface area contributed by atoms with E-state index in [-0.39, 0.29) is 12.4 Å². The maximum atomic E-state index is 14.3. The Bertz CT molecular complexity index is 611. The highest BCUT2D eigenvalue weighted by Crippen LogP contribution is 2.31. The van der Waals surface area contributed by atoms with Gasteiger partial charge in [-0.1, -0.05) is 12.7 Å². The van der Waals surface area contributed by atoms with Crippen molar-refractivity contribution in [1.82, 2.24) is 4.90 Å². The van der Waals surface area contributed by atoms with Crippen molar-refractivity contribution in [3.8, 4) is 5.75 Å². The lowest BCUT2D eigenvalue weighted by molar-refractivity contribution is 0.0509. The quantitative estimate of drug-likeness (QED) is 0.746. The topological polar surface area (TPSA) is 21.7 Å². The molecular formula is C16H16F3NO2. The summed E-state index contributed by atoms with van der Waals surface area (Å²) in [6.07, 6.45) is 2.26. The van der Waals surface area contributed by atoms with Crippen LogP contribution in [0.15, 0.2) is 48.7 Å². The van der Waals surface area contributed by atoms with Crippen molar-refractivity contribution in [3.63, 3.8) is 0 Å². The first-order valence-electron chi connectivity index (χ1n) is 6.57. The van der Waals surface area contributed by atoms with Crippen LogP contribution in [0.2, 0.25) is 0 Å². The van der Waals surface area contributed by atoms with Gasteiger partial charge in [0.25, 0.3) is 6.43 Å². The average molecular weight is 311 g/mol. The number of alkyl halides is 2. The van der Waals surface area contributed by atoms with Crippen LogP contribution in [-0.4, -0.2) is 31.8 Å². The average Bonchev–Trinajstić information content (AvgIpc) is 2.47. The molecule has 0 aromatic heterocycles. The van der Waals surface area contributed by atoms with Gasteiger partial charge in [-0.2, -0.15) is 0 Å². The highest BCUT2D eigenvalue weighted by atomic mass is 19.3. The van der Waals surface area contributed by atoms with Crippen LogP contribution in [0.1, 0.15) is 5.56 Å². The number of methoxy groups -OCH3 is 1. The molecule has 0 amide bonds. The summed E-state index contributed by atoms with van der Waals surface area (Å²) in [5, 5.41) is 0. The van der Waals surface area contributed by atoms with Gasteiger partial charge in [0.15, 0.2) is 6.79 Å². The summed E-state index contributed by atoms with van der Waals surface area (Å²) in [7, 11) is 1.46. The minimum Gasteiger partial charge on any atom is -0.467 e. The largest absolute Gasteiger partial charge is 0.467 e. The van der Waals surface area contributed by atoms with E-state index in [9.17, 15) is 13.2 Å². The zero-order valence-electron chi connectivity index (χ0n) is 12.1. The van der Waals surface area contributed by atoms with Crippen LogP contribution in [-0.2, 0) is 4.74 Å². The standard InChI is InChI=1S/C16H16F3NO2/c1-11-4-3-5-15(20(11)9-16(18)19)13-7-6-12(8-14(13)17)22-10-21-2/h3-8,16H,1,9-10H2,2H3. The summed E-state index contributed by atoms with van der Waals surface area (Å²) in [6.45, 7) is 3.17. The molecule has 0 unspecified atom stereocenters. The van der Waals surface area contributed by atoms with Crippen LogP contribution in [0.5, 0.6) is 5.75 Å². The van der Waals surface area contributed by atoms with Gasteiger partial charge < -0.3 is 14.4 Å². The Hall–Kier alpha value is -2.21. The Labute approximate surface area is 126 Å². The number of benzene rings is 1. The molecule has 1 aliphatic rings. The summed E-state index contributed by atoms with van der Waals surface area (Å²) >= 11 is 0. The molecule has 0 saturated carbocycles. The van der Waals surface area contributed by atoms with Crippen molar-refractivity contribution in [3.05, 3.63) is 60.1 Å². The molecule has 6 heteroatoms. The predicted octanol–water partition coefficient (Wildman–Crippen LogP) is 3.80. The second-order valence-corrected chi connectivity index (χ2v) is 4.60. The maximum Gasteiger partial charge on any atom is 0.256 e. The SMILES string of the molecule is C=C1C=CC=C(c2ccc(OCOC)cc2F)N1CC(F)F. The van der Waals surface area contributed by atoms with Crippen LogP contribution in [0.3, 0.4) is 0 Å². The fraction of sp³-hybridized carbons (Fsp3) is 0.250. The monoisotopic (exact) mass is 311 g/mol. The van der Waals surface area contributed by atoms with E-state index < -0.39 is 18.8 Å². The van der Waals surface area contributed by atoms with Gasteiger partial charge in [-0.15, -0.1) is 0 Å². The molecule has 0 bridgehead atoms. The van der Waals surface area contributed by atoms with Gasteiger partial charge in [0.1, 0.15) is 11.6 Å². The Kier molecular flexibility index (Phi) is 5.27. The lowest BCUT2D eigenvalue weighted by atomic mass is 10.1. The Balaban J connectivity index is 2.30. The maximum absolute atomic E-state index is 14.3. The molecule has 1 aromatic carbocycles. The second kappa shape index (κ2) is 7.17. The zero-order chi connectivity index (χ0) is 16.1. The number of allylic oxidation sites excluding steroid dienone is 3. The molecule has 22 heavy (non-hydrogen) atoms. The van der Waals surface area contributed by atoms with Crippen LogP contribution in [0.4, 0.5) is 13.2 Å². The molecule has 0 atom stereocenters. The van der Waals surface area contributed by atoms with Gasteiger partial charge in [-0.3, -0.25) is 0 Å². The molecule has 1 aliphatic heterocycles. The molecular weight excluding hydrogens is 295 g/mol. The van der Waals surface area contributed by atoms with E-state index in [0.717, 1.165) is 0 Å². The highest BCUT2D eigenvalue weighted by Gasteiger charge is 2.22. The molecule has 1 aromatic rings.